The molecule has 0 spiro atoms. The first kappa shape index (κ1) is 21.8. The molecule has 29 heavy (non-hydrogen) atoms. The molecule has 0 radical (unpaired) electrons. The SMILES string of the molecule is COC(=O)C1CCN(C(=O)C2CCC(CNS(=O)(=O)c3ccccc3)CC2)CC1. The molecule has 0 bridgehead atoms. The van der Waals surface area contributed by atoms with Crippen LogP contribution >= 0.6 is 0 Å². The number of rotatable bonds is 6. The largest absolute Gasteiger partial charge is 0.469 e. The Balaban J connectivity index is 1.42. The fourth-order valence-corrected chi connectivity index (χ4v) is 5.42. The molecule has 1 aliphatic carbocycles. The average molecular weight is 423 g/mol. The van der Waals surface area contributed by atoms with Gasteiger partial charge in [0.15, 0.2) is 0 Å². The number of carbonyl (C=O) groups excluding carboxylic acids is 2. The number of esters is 1. The lowest BCUT2D eigenvalue weighted by Crippen LogP contribution is -2.44. The Bertz CT molecular complexity index is 796. The van der Waals surface area contributed by atoms with Crippen molar-refractivity contribution in [2.45, 2.75) is 43.4 Å². The van der Waals surface area contributed by atoms with Crippen LogP contribution in [-0.4, -0.2) is 51.9 Å². The maximum atomic E-state index is 12.8. The summed E-state index contributed by atoms with van der Waals surface area (Å²) in [5.41, 5.74) is 0. The van der Waals surface area contributed by atoms with Gasteiger partial charge in [0.2, 0.25) is 15.9 Å². The molecular formula is C21H30N2O5S. The first-order chi connectivity index (χ1) is 13.9. The summed E-state index contributed by atoms with van der Waals surface area (Å²) in [5, 5.41) is 0. The van der Waals surface area contributed by atoms with Crippen LogP contribution in [0.4, 0.5) is 0 Å². The molecule has 1 saturated heterocycles. The smallest absolute Gasteiger partial charge is 0.308 e. The lowest BCUT2D eigenvalue weighted by atomic mass is 9.81. The summed E-state index contributed by atoms with van der Waals surface area (Å²) in [5.74, 6) is 0.152. The summed E-state index contributed by atoms with van der Waals surface area (Å²) >= 11 is 0. The van der Waals surface area contributed by atoms with Crippen LogP contribution in [0.1, 0.15) is 38.5 Å². The fourth-order valence-electron chi connectivity index (χ4n) is 4.28. The van der Waals surface area contributed by atoms with E-state index in [0.717, 1.165) is 25.7 Å². The topological polar surface area (TPSA) is 92.8 Å². The zero-order valence-corrected chi connectivity index (χ0v) is 17.7. The number of likely N-dealkylation sites (tertiary alicyclic amines) is 1. The molecule has 3 rings (SSSR count). The number of nitrogens with one attached hydrogen (secondary N) is 1. The van der Waals surface area contributed by atoms with E-state index in [0.29, 0.717) is 32.5 Å². The third-order valence-electron chi connectivity index (χ3n) is 6.15. The lowest BCUT2D eigenvalue weighted by molar-refractivity contribution is -0.149. The number of hydrogen-bond acceptors (Lipinski definition) is 5. The molecule has 7 nitrogen and oxygen atoms in total. The van der Waals surface area contributed by atoms with Crippen molar-refractivity contribution in [1.29, 1.82) is 0 Å². The Morgan fingerprint density at radius 3 is 2.21 bits per heavy atom. The van der Waals surface area contributed by atoms with Crippen molar-refractivity contribution in [2.75, 3.05) is 26.7 Å². The fraction of sp³-hybridized carbons (Fsp3) is 0.619. The van der Waals surface area contributed by atoms with Gasteiger partial charge in [-0.05, 0) is 56.6 Å². The quantitative estimate of drug-likeness (QED) is 0.710. The Morgan fingerprint density at radius 1 is 1.00 bits per heavy atom. The summed E-state index contributed by atoms with van der Waals surface area (Å²) in [4.78, 5) is 26.6. The van der Waals surface area contributed by atoms with Gasteiger partial charge in [-0.25, -0.2) is 13.1 Å². The van der Waals surface area contributed by atoms with Crippen molar-refractivity contribution in [2.24, 2.45) is 17.8 Å². The maximum Gasteiger partial charge on any atom is 0.308 e. The minimum absolute atomic E-state index is 0.00616. The molecule has 1 N–H and O–H groups in total. The Morgan fingerprint density at radius 2 is 1.62 bits per heavy atom. The highest BCUT2D eigenvalue weighted by atomic mass is 32.2. The van der Waals surface area contributed by atoms with E-state index in [-0.39, 0.29) is 34.5 Å². The summed E-state index contributed by atoms with van der Waals surface area (Å²) in [6.45, 7) is 1.62. The lowest BCUT2D eigenvalue weighted by Gasteiger charge is -2.35. The van der Waals surface area contributed by atoms with Gasteiger partial charge in [0.25, 0.3) is 0 Å². The predicted molar refractivity (Wildman–Crippen MR) is 108 cm³/mol. The molecule has 0 aromatic heterocycles. The second-order valence-electron chi connectivity index (χ2n) is 8.01. The maximum absolute atomic E-state index is 12.8. The molecule has 1 saturated carbocycles. The van der Waals surface area contributed by atoms with E-state index in [1.165, 1.54) is 7.11 Å². The van der Waals surface area contributed by atoms with E-state index >= 15 is 0 Å². The van der Waals surface area contributed by atoms with Crippen molar-refractivity contribution >= 4 is 21.9 Å². The number of piperidine rings is 1. The van der Waals surface area contributed by atoms with E-state index in [1.54, 1.807) is 30.3 Å². The number of carbonyl (C=O) groups is 2. The van der Waals surface area contributed by atoms with Crippen molar-refractivity contribution in [3.8, 4) is 0 Å². The van der Waals surface area contributed by atoms with E-state index in [4.69, 9.17) is 4.74 Å². The number of sulfonamides is 1. The molecule has 0 unspecified atom stereocenters. The van der Waals surface area contributed by atoms with Crippen LogP contribution in [0.15, 0.2) is 35.2 Å². The van der Waals surface area contributed by atoms with E-state index in [9.17, 15) is 18.0 Å². The Labute approximate surface area is 172 Å². The van der Waals surface area contributed by atoms with Crippen molar-refractivity contribution in [3.63, 3.8) is 0 Å². The van der Waals surface area contributed by atoms with E-state index in [1.807, 2.05) is 4.90 Å². The third-order valence-corrected chi connectivity index (χ3v) is 7.59. The summed E-state index contributed by atoms with van der Waals surface area (Å²) in [6.07, 6.45) is 4.57. The number of methoxy groups -OCH3 is 1. The number of ether oxygens (including phenoxy) is 1. The first-order valence-corrected chi connectivity index (χ1v) is 11.8. The summed E-state index contributed by atoms with van der Waals surface area (Å²) in [7, 11) is -2.08. The van der Waals surface area contributed by atoms with Gasteiger partial charge >= 0.3 is 5.97 Å². The second kappa shape index (κ2) is 9.71. The normalized spacial score (nSPS) is 23.6. The number of hydrogen-bond donors (Lipinski definition) is 1. The molecule has 160 valence electrons. The molecule has 1 amide bonds. The molecule has 1 aliphatic heterocycles. The van der Waals surface area contributed by atoms with E-state index in [2.05, 4.69) is 4.72 Å². The van der Waals surface area contributed by atoms with Gasteiger partial charge in [0.1, 0.15) is 0 Å². The number of amides is 1. The minimum Gasteiger partial charge on any atom is -0.469 e. The number of benzene rings is 1. The standard InChI is InChI=1S/C21H30N2O5S/c1-28-21(25)18-11-13-23(14-12-18)20(24)17-9-7-16(8-10-17)15-22-29(26,27)19-5-3-2-4-6-19/h2-6,16-18,22H,7-15H2,1H3. The van der Waals surface area contributed by atoms with Crippen LogP contribution in [0.2, 0.25) is 0 Å². The van der Waals surface area contributed by atoms with Crippen molar-refractivity contribution in [1.82, 2.24) is 9.62 Å². The van der Waals surface area contributed by atoms with Crippen LogP contribution in [-0.2, 0) is 24.3 Å². The summed E-state index contributed by atoms with van der Waals surface area (Å²) < 4.78 is 32.2. The highest BCUT2D eigenvalue weighted by Gasteiger charge is 2.33. The zero-order chi connectivity index (χ0) is 20.9. The van der Waals surface area contributed by atoms with Gasteiger partial charge in [-0.3, -0.25) is 9.59 Å². The predicted octanol–water partition coefficient (Wildman–Crippen LogP) is 2.18. The second-order valence-corrected chi connectivity index (χ2v) is 9.77. The number of nitrogens with zero attached hydrogens (tertiary/aromatic N) is 1. The molecule has 0 atom stereocenters. The molecule has 2 aliphatic rings. The van der Waals surface area contributed by atoms with Crippen LogP contribution in [0, 0.1) is 17.8 Å². The van der Waals surface area contributed by atoms with Crippen molar-refractivity contribution < 1.29 is 22.7 Å². The summed E-state index contributed by atoms with van der Waals surface area (Å²) in [6, 6.07) is 8.37. The third kappa shape index (κ3) is 5.57. The van der Waals surface area contributed by atoms with Crippen LogP contribution in [0.5, 0.6) is 0 Å². The first-order valence-electron chi connectivity index (χ1n) is 10.3. The monoisotopic (exact) mass is 422 g/mol. The molecule has 1 aromatic rings. The zero-order valence-electron chi connectivity index (χ0n) is 16.9. The molecule has 2 fully saturated rings. The van der Waals surface area contributed by atoms with Gasteiger partial charge in [0.05, 0.1) is 17.9 Å². The molecular weight excluding hydrogens is 392 g/mol. The Hall–Kier alpha value is -1.93. The van der Waals surface area contributed by atoms with Gasteiger partial charge < -0.3 is 9.64 Å². The molecule has 1 heterocycles. The highest BCUT2D eigenvalue weighted by Crippen LogP contribution is 2.31. The highest BCUT2D eigenvalue weighted by molar-refractivity contribution is 7.89. The minimum atomic E-state index is -3.48. The van der Waals surface area contributed by atoms with Gasteiger partial charge in [0, 0.05) is 25.6 Å². The van der Waals surface area contributed by atoms with Crippen LogP contribution < -0.4 is 4.72 Å². The van der Waals surface area contributed by atoms with Crippen LogP contribution in [0.25, 0.3) is 0 Å². The van der Waals surface area contributed by atoms with Crippen LogP contribution in [0.3, 0.4) is 0 Å². The van der Waals surface area contributed by atoms with Gasteiger partial charge in [-0.2, -0.15) is 0 Å². The average Bonchev–Trinajstić information content (AvgIpc) is 2.78. The van der Waals surface area contributed by atoms with Crippen molar-refractivity contribution in [3.05, 3.63) is 30.3 Å². The van der Waals surface area contributed by atoms with E-state index < -0.39 is 10.0 Å². The van der Waals surface area contributed by atoms with Gasteiger partial charge in [-0.15, -0.1) is 0 Å². The molecule has 1 aromatic carbocycles. The van der Waals surface area contributed by atoms with Gasteiger partial charge in [-0.1, -0.05) is 18.2 Å². The molecule has 8 heteroatoms. The Kier molecular flexibility index (Phi) is 7.29.